The van der Waals surface area contributed by atoms with Gasteiger partial charge in [0.1, 0.15) is 0 Å². The first kappa shape index (κ1) is 14.9. The topological polar surface area (TPSA) is 0 Å². The van der Waals surface area contributed by atoms with Crippen LogP contribution < -0.4 is 0 Å². The highest BCUT2D eigenvalue weighted by Gasteiger charge is 2.35. The van der Waals surface area contributed by atoms with Crippen LogP contribution in [0.25, 0.3) is 0 Å². The largest absolute Gasteiger partial charge is 0.0807 e. The Morgan fingerprint density at radius 2 is 1.89 bits per heavy atom. The van der Waals surface area contributed by atoms with Crippen molar-refractivity contribution in [1.29, 1.82) is 0 Å². The lowest BCUT2D eigenvalue weighted by Crippen LogP contribution is -2.31. The number of hydrogen-bond acceptors (Lipinski definition) is 0. The third kappa shape index (κ3) is 3.15. The first-order chi connectivity index (χ1) is 9.19. The van der Waals surface area contributed by atoms with Gasteiger partial charge in [-0.15, -0.1) is 0 Å². The molecule has 0 nitrogen and oxygen atoms in total. The number of fused-ring (bicyclic) bond motifs is 1. The summed E-state index contributed by atoms with van der Waals surface area (Å²) in [5, 5.41) is 0. The van der Waals surface area contributed by atoms with E-state index in [1.807, 2.05) is 0 Å². The summed E-state index contributed by atoms with van der Waals surface area (Å²) in [4.78, 5) is 0. The molecule has 0 bridgehead atoms. The Labute approximate surface area is 120 Å². The van der Waals surface area contributed by atoms with Crippen molar-refractivity contribution < 1.29 is 0 Å². The van der Waals surface area contributed by atoms with Gasteiger partial charge in [-0.3, -0.25) is 0 Å². The molecule has 0 amide bonds. The summed E-state index contributed by atoms with van der Waals surface area (Å²) in [5.74, 6) is 3.54. The Balaban J connectivity index is 2.13. The fourth-order valence-electron chi connectivity index (χ4n) is 4.43. The van der Waals surface area contributed by atoms with E-state index in [9.17, 15) is 0 Å². The van der Waals surface area contributed by atoms with Gasteiger partial charge in [-0.1, -0.05) is 52.7 Å². The molecule has 0 N–H and O–H groups in total. The average Bonchev–Trinajstić information content (AvgIpc) is 2.45. The van der Waals surface area contributed by atoms with Gasteiger partial charge in [-0.25, -0.2) is 0 Å². The summed E-state index contributed by atoms with van der Waals surface area (Å²) in [7, 11) is 0. The third-order valence-electron chi connectivity index (χ3n) is 5.71. The van der Waals surface area contributed by atoms with E-state index in [1.165, 1.54) is 44.9 Å². The molecule has 2 aliphatic carbocycles. The SMILES string of the molecule is CCCC(C)C(C)C1CCC2=CCCC=C2C1CC. The molecule has 4 atom stereocenters. The molecule has 108 valence electrons. The van der Waals surface area contributed by atoms with Crippen LogP contribution in [0.3, 0.4) is 0 Å². The molecule has 0 aromatic rings. The van der Waals surface area contributed by atoms with Crippen LogP contribution in [0.4, 0.5) is 0 Å². The van der Waals surface area contributed by atoms with Crippen LogP contribution in [0.5, 0.6) is 0 Å². The first-order valence-corrected chi connectivity index (χ1v) is 8.58. The molecular weight excluding hydrogens is 228 g/mol. The highest BCUT2D eigenvalue weighted by atomic mass is 14.4. The molecule has 4 unspecified atom stereocenters. The van der Waals surface area contributed by atoms with Crippen LogP contribution in [0.1, 0.15) is 72.6 Å². The molecule has 0 spiro atoms. The maximum absolute atomic E-state index is 2.56. The summed E-state index contributed by atoms with van der Waals surface area (Å²) in [6.45, 7) is 9.71. The molecular formula is C19H32. The maximum atomic E-state index is 2.56. The Morgan fingerprint density at radius 3 is 2.58 bits per heavy atom. The average molecular weight is 260 g/mol. The Morgan fingerprint density at radius 1 is 1.16 bits per heavy atom. The summed E-state index contributed by atoms with van der Waals surface area (Å²) in [6.07, 6.45) is 14.5. The zero-order chi connectivity index (χ0) is 13.8. The Hall–Kier alpha value is -0.520. The molecule has 0 aliphatic heterocycles. The first-order valence-electron chi connectivity index (χ1n) is 8.58. The van der Waals surface area contributed by atoms with Crippen molar-refractivity contribution in [2.24, 2.45) is 23.7 Å². The summed E-state index contributed by atoms with van der Waals surface area (Å²) in [6, 6.07) is 0. The van der Waals surface area contributed by atoms with Crippen LogP contribution in [0.2, 0.25) is 0 Å². The predicted molar refractivity (Wildman–Crippen MR) is 85.1 cm³/mol. The quantitative estimate of drug-likeness (QED) is 0.557. The zero-order valence-electron chi connectivity index (χ0n) is 13.4. The monoisotopic (exact) mass is 260 g/mol. The van der Waals surface area contributed by atoms with Crippen LogP contribution in [-0.2, 0) is 0 Å². The molecule has 0 aromatic carbocycles. The summed E-state index contributed by atoms with van der Waals surface area (Å²) < 4.78 is 0. The minimum Gasteiger partial charge on any atom is -0.0807 e. The maximum Gasteiger partial charge on any atom is -0.0134 e. The van der Waals surface area contributed by atoms with Crippen molar-refractivity contribution in [2.75, 3.05) is 0 Å². The second kappa shape index (κ2) is 6.77. The van der Waals surface area contributed by atoms with Crippen molar-refractivity contribution in [1.82, 2.24) is 0 Å². The van der Waals surface area contributed by atoms with Crippen molar-refractivity contribution in [3.05, 3.63) is 23.3 Å². The van der Waals surface area contributed by atoms with E-state index in [-0.39, 0.29) is 0 Å². The normalized spacial score (nSPS) is 30.1. The molecule has 2 aliphatic rings. The van der Waals surface area contributed by atoms with Gasteiger partial charge in [0, 0.05) is 0 Å². The van der Waals surface area contributed by atoms with Gasteiger partial charge in [0.15, 0.2) is 0 Å². The van der Waals surface area contributed by atoms with E-state index in [2.05, 4.69) is 39.8 Å². The number of rotatable bonds is 5. The van der Waals surface area contributed by atoms with E-state index in [4.69, 9.17) is 0 Å². The van der Waals surface area contributed by atoms with Crippen molar-refractivity contribution in [3.8, 4) is 0 Å². The van der Waals surface area contributed by atoms with E-state index < -0.39 is 0 Å². The van der Waals surface area contributed by atoms with Crippen LogP contribution in [0.15, 0.2) is 23.3 Å². The molecule has 0 aromatic heterocycles. The second-order valence-corrected chi connectivity index (χ2v) is 6.81. The van der Waals surface area contributed by atoms with Crippen molar-refractivity contribution in [3.63, 3.8) is 0 Å². The molecule has 19 heavy (non-hydrogen) atoms. The van der Waals surface area contributed by atoms with E-state index >= 15 is 0 Å². The van der Waals surface area contributed by atoms with E-state index in [0.29, 0.717) is 0 Å². The molecule has 1 fully saturated rings. The van der Waals surface area contributed by atoms with Gasteiger partial charge in [0.2, 0.25) is 0 Å². The highest BCUT2D eigenvalue weighted by molar-refractivity contribution is 5.38. The van der Waals surface area contributed by atoms with Gasteiger partial charge < -0.3 is 0 Å². The lowest BCUT2D eigenvalue weighted by Gasteiger charge is -2.41. The minimum absolute atomic E-state index is 0.842. The molecule has 2 rings (SSSR count). The zero-order valence-corrected chi connectivity index (χ0v) is 13.4. The van der Waals surface area contributed by atoms with Crippen LogP contribution in [0, 0.1) is 23.7 Å². The van der Waals surface area contributed by atoms with Crippen molar-refractivity contribution in [2.45, 2.75) is 72.6 Å². The predicted octanol–water partition coefficient (Wildman–Crippen LogP) is 6.14. The minimum atomic E-state index is 0.842. The summed E-state index contributed by atoms with van der Waals surface area (Å²) in [5.41, 5.74) is 3.44. The lowest BCUT2D eigenvalue weighted by atomic mass is 9.63. The van der Waals surface area contributed by atoms with Gasteiger partial charge in [-0.05, 0) is 66.9 Å². The lowest BCUT2D eigenvalue weighted by molar-refractivity contribution is 0.170. The number of hydrogen-bond donors (Lipinski definition) is 0. The second-order valence-electron chi connectivity index (χ2n) is 6.81. The fourth-order valence-corrected chi connectivity index (χ4v) is 4.43. The smallest absolute Gasteiger partial charge is 0.0134 e. The van der Waals surface area contributed by atoms with Crippen LogP contribution >= 0.6 is 0 Å². The molecule has 0 heteroatoms. The Bertz CT molecular complexity index is 347. The highest BCUT2D eigenvalue weighted by Crippen LogP contribution is 2.46. The van der Waals surface area contributed by atoms with Crippen LogP contribution in [-0.4, -0.2) is 0 Å². The van der Waals surface area contributed by atoms with Gasteiger partial charge in [-0.2, -0.15) is 0 Å². The summed E-state index contributed by atoms with van der Waals surface area (Å²) >= 11 is 0. The van der Waals surface area contributed by atoms with Gasteiger partial charge >= 0.3 is 0 Å². The van der Waals surface area contributed by atoms with Gasteiger partial charge in [0.05, 0.1) is 0 Å². The Kier molecular flexibility index (Phi) is 5.30. The molecule has 0 radical (unpaired) electrons. The molecule has 0 saturated heterocycles. The molecule has 0 heterocycles. The fraction of sp³-hybridized carbons (Fsp3) is 0.789. The van der Waals surface area contributed by atoms with E-state index in [0.717, 1.165) is 23.7 Å². The van der Waals surface area contributed by atoms with Crippen molar-refractivity contribution >= 4 is 0 Å². The van der Waals surface area contributed by atoms with E-state index in [1.54, 1.807) is 11.1 Å². The standard InChI is InChI=1S/C19H32/c1-5-9-14(3)15(4)18-13-12-16-10-7-8-11-19(16)17(18)6-2/h10-11,14-15,17-18H,5-9,12-13H2,1-4H3. The number of allylic oxidation sites excluding steroid dienone is 4. The molecule has 1 saturated carbocycles. The van der Waals surface area contributed by atoms with Gasteiger partial charge in [0.25, 0.3) is 0 Å². The third-order valence-corrected chi connectivity index (χ3v) is 5.71.